The van der Waals surface area contributed by atoms with Crippen LogP contribution in [-0.2, 0) is 6.54 Å². The molecular weight excluding hydrogens is 190 g/mol. The second kappa shape index (κ2) is 3.71. The van der Waals surface area contributed by atoms with Gasteiger partial charge in [0, 0.05) is 6.54 Å². The molecule has 0 radical (unpaired) electrons. The Bertz CT molecular complexity index is 264. The maximum absolute atomic E-state index is 11.8. The van der Waals surface area contributed by atoms with Gasteiger partial charge in [0.25, 0.3) is 0 Å². The third-order valence-corrected chi connectivity index (χ3v) is 1.51. The molecule has 0 saturated heterocycles. The van der Waals surface area contributed by atoms with Crippen molar-refractivity contribution in [3.05, 3.63) is 11.2 Å². The number of ether oxygens (including phenoxy) is 1. The Kier molecular flexibility index (Phi) is 2.86. The number of halogens is 3. The summed E-state index contributed by atoms with van der Waals surface area (Å²) in [5.41, 5.74) is 0. The van der Waals surface area contributed by atoms with Gasteiger partial charge in [-0.15, -0.1) is 0 Å². The molecular formula is C6H7ClF2N2O. The monoisotopic (exact) mass is 196 g/mol. The lowest BCUT2D eigenvalue weighted by Crippen LogP contribution is -2.08. The summed E-state index contributed by atoms with van der Waals surface area (Å²) in [4.78, 5) is 0. The summed E-state index contributed by atoms with van der Waals surface area (Å²) in [6.07, 6.45) is 1.27. The van der Waals surface area contributed by atoms with E-state index < -0.39 is 6.61 Å². The average molecular weight is 197 g/mol. The van der Waals surface area contributed by atoms with Gasteiger partial charge >= 0.3 is 6.61 Å². The first-order valence-corrected chi connectivity index (χ1v) is 3.69. The first kappa shape index (κ1) is 9.25. The summed E-state index contributed by atoms with van der Waals surface area (Å²) in [6, 6.07) is 0. The second-order valence-electron chi connectivity index (χ2n) is 1.99. The predicted octanol–water partition coefficient (Wildman–Crippen LogP) is 2.16. The maximum Gasteiger partial charge on any atom is 0.388 e. The summed E-state index contributed by atoms with van der Waals surface area (Å²) in [6.45, 7) is -0.680. The maximum atomic E-state index is 11.8. The fraction of sp³-hybridized carbons (Fsp3) is 0.500. The fourth-order valence-corrected chi connectivity index (χ4v) is 0.964. The van der Waals surface area contributed by atoms with Gasteiger partial charge in [-0.05, 0) is 6.92 Å². The molecule has 0 aliphatic carbocycles. The molecule has 12 heavy (non-hydrogen) atoms. The summed E-state index contributed by atoms with van der Waals surface area (Å²) in [5, 5.41) is 3.81. The lowest BCUT2D eigenvalue weighted by molar-refractivity contribution is -0.0556. The second-order valence-corrected chi connectivity index (χ2v) is 2.40. The lowest BCUT2D eigenvalue weighted by atomic mass is 10.6. The van der Waals surface area contributed by atoms with E-state index in [1.807, 2.05) is 0 Å². The van der Waals surface area contributed by atoms with Gasteiger partial charge in [0.1, 0.15) is 5.02 Å². The molecule has 1 aromatic heterocycles. The van der Waals surface area contributed by atoms with E-state index in [4.69, 9.17) is 11.6 Å². The molecule has 0 aliphatic rings. The molecule has 1 heterocycles. The van der Waals surface area contributed by atoms with Crippen LogP contribution in [-0.4, -0.2) is 16.4 Å². The Balaban J connectivity index is 2.86. The smallest absolute Gasteiger partial charge is 0.388 e. The van der Waals surface area contributed by atoms with Gasteiger partial charge in [-0.25, -0.2) is 4.68 Å². The summed E-state index contributed by atoms with van der Waals surface area (Å²) in [7, 11) is 0. The van der Waals surface area contributed by atoms with Crippen molar-refractivity contribution in [1.29, 1.82) is 0 Å². The molecule has 0 unspecified atom stereocenters. The van der Waals surface area contributed by atoms with Gasteiger partial charge in [-0.2, -0.15) is 13.9 Å². The van der Waals surface area contributed by atoms with E-state index in [0.29, 0.717) is 6.54 Å². The van der Waals surface area contributed by atoms with Crippen molar-refractivity contribution < 1.29 is 13.5 Å². The molecule has 3 nitrogen and oxygen atoms in total. The summed E-state index contributed by atoms with van der Waals surface area (Å²) < 4.78 is 28.9. The molecule has 0 atom stereocenters. The molecule has 1 rings (SSSR count). The minimum Gasteiger partial charge on any atom is -0.416 e. The van der Waals surface area contributed by atoms with E-state index >= 15 is 0 Å². The largest absolute Gasteiger partial charge is 0.416 e. The molecule has 0 fully saturated rings. The fourth-order valence-electron chi connectivity index (χ4n) is 0.778. The SMILES string of the molecule is CCn1ncc(Cl)c1OC(F)F. The zero-order valence-corrected chi connectivity index (χ0v) is 7.05. The number of rotatable bonds is 3. The van der Waals surface area contributed by atoms with Crippen LogP contribution >= 0.6 is 11.6 Å². The van der Waals surface area contributed by atoms with Crippen LogP contribution in [0, 0.1) is 0 Å². The zero-order valence-electron chi connectivity index (χ0n) is 6.30. The number of aromatic nitrogens is 2. The number of hydrogen-bond donors (Lipinski definition) is 0. The van der Waals surface area contributed by atoms with Crippen LogP contribution < -0.4 is 4.74 Å². The highest BCUT2D eigenvalue weighted by molar-refractivity contribution is 6.31. The quantitative estimate of drug-likeness (QED) is 0.741. The van der Waals surface area contributed by atoms with Crippen LogP contribution in [0.15, 0.2) is 6.20 Å². The van der Waals surface area contributed by atoms with Crippen LogP contribution in [0.25, 0.3) is 0 Å². The van der Waals surface area contributed by atoms with Crippen molar-refractivity contribution in [2.75, 3.05) is 0 Å². The Hall–Kier alpha value is -0.840. The van der Waals surface area contributed by atoms with Crippen LogP contribution in [0.4, 0.5) is 8.78 Å². The molecule has 0 saturated carbocycles. The van der Waals surface area contributed by atoms with Crippen molar-refractivity contribution in [1.82, 2.24) is 9.78 Å². The molecule has 6 heteroatoms. The molecule has 68 valence electrons. The van der Waals surface area contributed by atoms with Gasteiger partial charge in [0.15, 0.2) is 0 Å². The van der Waals surface area contributed by atoms with Gasteiger partial charge in [0.2, 0.25) is 5.88 Å². The number of alkyl halides is 2. The lowest BCUT2D eigenvalue weighted by Gasteiger charge is -2.05. The van der Waals surface area contributed by atoms with Gasteiger partial charge in [-0.1, -0.05) is 11.6 Å². The molecule has 0 spiro atoms. The van der Waals surface area contributed by atoms with E-state index in [1.54, 1.807) is 6.92 Å². The Morgan fingerprint density at radius 3 is 2.92 bits per heavy atom. The van der Waals surface area contributed by atoms with Crippen molar-refractivity contribution in [2.24, 2.45) is 0 Å². The van der Waals surface area contributed by atoms with Gasteiger partial charge in [0.05, 0.1) is 6.20 Å². The van der Waals surface area contributed by atoms with E-state index in [9.17, 15) is 8.78 Å². The van der Waals surface area contributed by atoms with Crippen molar-refractivity contribution in [2.45, 2.75) is 20.1 Å². The van der Waals surface area contributed by atoms with E-state index in [2.05, 4.69) is 9.84 Å². The van der Waals surface area contributed by atoms with Crippen molar-refractivity contribution in [3.63, 3.8) is 0 Å². The molecule has 0 bridgehead atoms. The number of hydrogen-bond acceptors (Lipinski definition) is 2. The summed E-state index contributed by atoms with van der Waals surface area (Å²) >= 11 is 5.53. The topological polar surface area (TPSA) is 27.1 Å². The Labute approximate surface area is 72.9 Å². The Morgan fingerprint density at radius 2 is 2.42 bits per heavy atom. The van der Waals surface area contributed by atoms with Crippen molar-refractivity contribution in [3.8, 4) is 5.88 Å². The molecule has 0 aliphatic heterocycles. The van der Waals surface area contributed by atoms with Crippen LogP contribution in [0.1, 0.15) is 6.92 Å². The minimum absolute atomic E-state index is 0.0887. The normalized spacial score (nSPS) is 10.8. The van der Waals surface area contributed by atoms with Gasteiger partial charge < -0.3 is 4.74 Å². The molecule has 0 amide bonds. The van der Waals surface area contributed by atoms with E-state index in [0.717, 1.165) is 0 Å². The standard InChI is InChI=1S/C6H7ClF2N2O/c1-2-11-5(12-6(8)9)4(7)3-10-11/h3,6H,2H2,1H3. The Morgan fingerprint density at radius 1 is 1.75 bits per heavy atom. The molecule has 0 aromatic carbocycles. The number of aryl methyl sites for hydroxylation is 1. The molecule has 0 N–H and O–H groups in total. The van der Waals surface area contributed by atoms with Crippen molar-refractivity contribution >= 4 is 11.6 Å². The minimum atomic E-state index is -2.87. The zero-order chi connectivity index (χ0) is 9.14. The number of nitrogens with zero attached hydrogens (tertiary/aromatic N) is 2. The van der Waals surface area contributed by atoms with E-state index in [-0.39, 0.29) is 10.9 Å². The first-order valence-electron chi connectivity index (χ1n) is 3.31. The van der Waals surface area contributed by atoms with E-state index in [1.165, 1.54) is 10.9 Å². The first-order chi connectivity index (χ1) is 5.65. The van der Waals surface area contributed by atoms with Gasteiger partial charge in [-0.3, -0.25) is 0 Å². The third-order valence-electron chi connectivity index (χ3n) is 1.25. The van der Waals surface area contributed by atoms with Crippen LogP contribution in [0.5, 0.6) is 5.88 Å². The van der Waals surface area contributed by atoms with Crippen LogP contribution in [0.2, 0.25) is 5.02 Å². The average Bonchev–Trinajstić information content (AvgIpc) is 2.32. The third kappa shape index (κ3) is 1.85. The highest BCUT2D eigenvalue weighted by atomic mass is 35.5. The van der Waals surface area contributed by atoms with Crippen LogP contribution in [0.3, 0.4) is 0 Å². The summed E-state index contributed by atoms with van der Waals surface area (Å²) in [5.74, 6) is -0.0887. The highest BCUT2D eigenvalue weighted by Gasteiger charge is 2.13. The molecule has 1 aromatic rings. The predicted molar refractivity (Wildman–Crippen MR) is 39.5 cm³/mol. The highest BCUT2D eigenvalue weighted by Crippen LogP contribution is 2.24.